The molecular weight excluding hydrogens is 192 g/mol. The van der Waals surface area contributed by atoms with Crippen LogP contribution in [0.3, 0.4) is 0 Å². The fourth-order valence-electron chi connectivity index (χ4n) is 1.22. The van der Waals surface area contributed by atoms with Gasteiger partial charge in [0.25, 0.3) is 0 Å². The predicted octanol–water partition coefficient (Wildman–Crippen LogP) is 2.50. The number of unbranched alkanes of at least 4 members (excludes halogenated alkanes) is 1. The van der Waals surface area contributed by atoms with E-state index in [0.29, 0.717) is 6.42 Å². The van der Waals surface area contributed by atoms with Crippen molar-refractivity contribution in [2.45, 2.75) is 39.5 Å². The third-order valence-corrected chi connectivity index (χ3v) is 2.26. The maximum atomic E-state index is 11.2. The Morgan fingerprint density at radius 1 is 1.33 bits per heavy atom. The van der Waals surface area contributed by atoms with E-state index in [-0.39, 0.29) is 24.1 Å². The van der Waals surface area contributed by atoms with Crippen molar-refractivity contribution in [1.29, 1.82) is 0 Å². The second kappa shape index (κ2) is 8.21. The maximum Gasteiger partial charge on any atom is 0.306 e. The molecule has 1 unspecified atom stereocenters. The zero-order valence-electron chi connectivity index (χ0n) is 9.79. The molecule has 3 nitrogen and oxygen atoms in total. The van der Waals surface area contributed by atoms with Crippen molar-refractivity contribution in [1.82, 2.24) is 0 Å². The molecule has 0 aromatic heterocycles. The molecule has 15 heavy (non-hydrogen) atoms. The maximum absolute atomic E-state index is 11.2. The lowest BCUT2D eigenvalue weighted by Crippen LogP contribution is -2.16. The van der Waals surface area contributed by atoms with Crippen molar-refractivity contribution in [3.8, 4) is 0 Å². The van der Waals surface area contributed by atoms with Crippen LogP contribution in [0, 0.1) is 5.92 Å². The van der Waals surface area contributed by atoms with E-state index in [1.54, 1.807) is 0 Å². The molecule has 1 atom stereocenters. The zero-order chi connectivity index (χ0) is 11.7. The number of esters is 1. The summed E-state index contributed by atoms with van der Waals surface area (Å²) >= 11 is 0. The minimum Gasteiger partial charge on any atom is -0.469 e. The first-order valence-electron chi connectivity index (χ1n) is 5.34. The molecule has 0 aliphatic heterocycles. The van der Waals surface area contributed by atoms with E-state index in [2.05, 4.69) is 11.7 Å². The van der Waals surface area contributed by atoms with Crippen LogP contribution < -0.4 is 0 Å². The largest absolute Gasteiger partial charge is 0.469 e. The molecule has 0 fully saturated rings. The molecule has 0 aromatic rings. The second-order valence-electron chi connectivity index (χ2n) is 3.58. The van der Waals surface area contributed by atoms with Crippen LogP contribution in [0.1, 0.15) is 39.5 Å². The highest BCUT2D eigenvalue weighted by Crippen LogP contribution is 2.12. The van der Waals surface area contributed by atoms with Crippen molar-refractivity contribution in [3.05, 3.63) is 12.2 Å². The highest BCUT2D eigenvalue weighted by molar-refractivity contribution is 5.83. The van der Waals surface area contributed by atoms with E-state index in [0.717, 1.165) is 12.8 Å². The first kappa shape index (κ1) is 13.9. The van der Waals surface area contributed by atoms with Crippen molar-refractivity contribution >= 4 is 11.8 Å². The van der Waals surface area contributed by atoms with E-state index in [4.69, 9.17) is 0 Å². The van der Waals surface area contributed by atoms with Gasteiger partial charge in [-0.15, -0.1) is 0 Å². The molecule has 0 saturated carbocycles. The fraction of sp³-hybridized carbons (Fsp3) is 0.667. The number of carbonyl (C=O) groups is 2. The smallest absolute Gasteiger partial charge is 0.306 e. The van der Waals surface area contributed by atoms with Crippen molar-refractivity contribution in [2.24, 2.45) is 5.92 Å². The Morgan fingerprint density at radius 2 is 2.00 bits per heavy atom. The van der Waals surface area contributed by atoms with Gasteiger partial charge in [0, 0.05) is 5.92 Å². The van der Waals surface area contributed by atoms with Gasteiger partial charge < -0.3 is 4.74 Å². The van der Waals surface area contributed by atoms with Gasteiger partial charge in [0.2, 0.25) is 0 Å². The Morgan fingerprint density at radius 3 is 2.47 bits per heavy atom. The van der Waals surface area contributed by atoms with Crippen LogP contribution in [-0.2, 0) is 14.3 Å². The summed E-state index contributed by atoms with van der Waals surface area (Å²) in [6.45, 7) is 3.61. The number of ketones is 1. The van der Waals surface area contributed by atoms with Crippen molar-refractivity contribution in [2.75, 3.05) is 7.11 Å². The van der Waals surface area contributed by atoms with Gasteiger partial charge in [0.15, 0.2) is 0 Å². The molecule has 0 N–H and O–H groups in total. The summed E-state index contributed by atoms with van der Waals surface area (Å²) in [7, 11) is 1.34. The second-order valence-corrected chi connectivity index (χ2v) is 3.58. The predicted molar refractivity (Wildman–Crippen MR) is 59.5 cm³/mol. The normalized spacial score (nSPS) is 12.7. The van der Waals surface area contributed by atoms with Crippen molar-refractivity contribution in [3.63, 3.8) is 0 Å². The van der Waals surface area contributed by atoms with Gasteiger partial charge in [-0.1, -0.05) is 25.5 Å². The monoisotopic (exact) mass is 212 g/mol. The molecule has 86 valence electrons. The highest BCUT2D eigenvalue weighted by Gasteiger charge is 2.17. The minimum atomic E-state index is -0.320. The Balaban J connectivity index is 4.05. The lowest BCUT2D eigenvalue weighted by molar-refractivity contribution is -0.143. The van der Waals surface area contributed by atoms with Gasteiger partial charge in [-0.05, 0) is 19.8 Å². The Bertz CT molecular complexity index is 231. The quantitative estimate of drug-likeness (QED) is 0.481. The Hall–Kier alpha value is -1.12. The van der Waals surface area contributed by atoms with Crippen LogP contribution in [0.4, 0.5) is 0 Å². The van der Waals surface area contributed by atoms with Gasteiger partial charge in [-0.2, -0.15) is 0 Å². The molecule has 0 spiro atoms. The van der Waals surface area contributed by atoms with Gasteiger partial charge in [0.1, 0.15) is 5.78 Å². The van der Waals surface area contributed by atoms with E-state index >= 15 is 0 Å². The molecule has 3 heteroatoms. The SMILES string of the molecule is CCCC=CCC(CC(=O)OC)C(C)=O. The summed E-state index contributed by atoms with van der Waals surface area (Å²) in [5.74, 6) is -0.508. The molecule has 0 aliphatic rings. The van der Waals surface area contributed by atoms with Gasteiger partial charge in [0.05, 0.1) is 13.5 Å². The molecule has 0 amide bonds. The molecule has 0 saturated heterocycles. The van der Waals surface area contributed by atoms with Crippen LogP contribution >= 0.6 is 0 Å². The van der Waals surface area contributed by atoms with Crippen LogP contribution in [0.2, 0.25) is 0 Å². The number of hydrogen-bond donors (Lipinski definition) is 0. The summed E-state index contributed by atoms with van der Waals surface area (Å²) in [6.07, 6.45) is 6.94. The van der Waals surface area contributed by atoms with Gasteiger partial charge in [-0.25, -0.2) is 0 Å². The topological polar surface area (TPSA) is 43.4 Å². The van der Waals surface area contributed by atoms with Crippen LogP contribution in [-0.4, -0.2) is 18.9 Å². The Labute approximate surface area is 91.5 Å². The number of rotatable bonds is 7. The molecule has 0 rings (SSSR count). The molecule has 0 aliphatic carbocycles. The molecular formula is C12H20O3. The number of ether oxygens (including phenoxy) is 1. The third kappa shape index (κ3) is 6.89. The molecule has 0 heterocycles. The lowest BCUT2D eigenvalue weighted by atomic mass is 9.97. The summed E-state index contributed by atoms with van der Waals surface area (Å²) in [6, 6.07) is 0. The van der Waals surface area contributed by atoms with Crippen LogP contribution in [0.5, 0.6) is 0 Å². The minimum absolute atomic E-state index is 0.0431. The number of allylic oxidation sites excluding steroid dienone is 2. The van der Waals surface area contributed by atoms with Crippen molar-refractivity contribution < 1.29 is 14.3 Å². The molecule has 0 bridgehead atoms. The average Bonchev–Trinajstić information content (AvgIpc) is 2.21. The van der Waals surface area contributed by atoms with Crippen LogP contribution in [0.25, 0.3) is 0 Å². The number of carbonyl (C=O) groups excluding carboxylic acids is 2. The lowest BCUT2D eigenvalue weighted by Gasteiger charge is -2.09. The summed E-state index contributed by atoms with van der Waals surface area (Å²) < 4.78 is 4.54. The fourth-order valence-corrected chi connectivity index (χ4v) is 1.22. The third-order valence-electron chi connectivity index (χ3n) is 2.26. The molecule has 0 aromatic carbocycles. The van der Waals surface area contributed by atoms with E-state index in [1.807, 2.05) is 12.2 Å². The Kier molecular flexibility index (Phi) is 7.60. The van der Waals surface area contributed by atoms with Crippen LogP contribution in [0.15, 0.2) is 12.2 Å². The first-order valence-corrected chi connectivity index (χ1v) is 5.34. The van der Waals surface area contributed by atoms with Gasteiger partial charge in [-0.3, -0.25) is 9.59 Å². The summed E-state index contributed by atoms with van der Waals surface area (Å²) in [4.78, 5) is 22.2. The van der Waals surface area contributed by atoms with E-state index < -0.39 is 0 Å². The number of hydrogen-bond acceptors (Lipinski definition) is 3. The molecule has 0 radical (unpaired) electrons. The van der Waals surface area contributed by atoms with E-state index in [1.165, 1.54) is 14.0 Å². The first-order chi connectivity index (χ1) is 7.11. The highest BCUT2D eigenvalue weighted by atomic mass is 16.5. The number of Topliss-reactive ketones (excluding diaryl/α,β-unsaturated/α-hetero) is 1. The standard InChI is InChI=1S/C12H20O3/c1-4-5-6-7-8-11(10(2)13)9-12(14)15-3/h6-7,11H,4-5,8-9H2,1-3H3. The van der Waals surface area contributed by atoms with E-state index in [9.17, 15) is 9.59 Å². The number of methoxy groups -OCH3 is 1. The summed E-state index contributed by atoms with van der Waals surface area (Å²) in [5.41, 5.74) is 0. The van der Waals surface area contributed by atoms with Gasteiger partial charge >= 0.3 is 5.97 Å². The zero-order valence-corrected chi connectivity index (χ0v) is 9.79. The summed E-state index contributed by atoms with van der Waals surface area (Å²) in [5, 5.41) is 0. The average molecular weight is 212 g/mol.